The van der Waals surface area contributed by atoms with Crippen LogP contribution < -0.4 is 5.73 Å². The van der Waals surface area contributed by atoms with Crippen molar-refractivity contribution in [2.24, 2.45) is 0 Å². The molecule has 0 atom stereocenters. The first kappa shape index (κ1) is 7.07. The minimum atomic E-state index is 0.520. The molecule has 0 aliphatic rings. The molecule has 58 valence electrons. The van der Waals surface area contributed by atoms with Crippen molar-refractivity contribution in [3.8, 4) is 12.3 Å². The average molecular weight is 175 g/mol. The standard InChI is InChI=1S/C8H5N3S/c1-2-5-3-4-6-7(10-5)12-8(9)11-6/h1,3-4H,(H2,9,11). The fraction of sp³-hybridized carbons (Fsp3) is 0. The first-order valence-electron chi connectivity index (χ1n) is 3.29. The number of terminal acetylenes is 1. The Morgan fingerprint density at radius 2 is 2.25 bits per heavy atom. The monoisotopic (exact) mass is 175 g/mol. The number of fused-ring (bicyclic) bond motifs is 1. The Bertz CT molecular complexity index is 467. The van der Waals surface area contributed by atoms with Crippen LogP contribution in [0.5, 0.6) is 0 Å². The number of hydrogen-bond donors (Lipinski definition) is 1. The quantitative estimate of drug-likeness (QED) is 0.613. The zero-order valence-electron chi connectivity index (χ0n) is 6.11. The average Bonchev–Trinajstić information content (AvgIpc) is 2.43. The third kappa shape index (κ3) is 1.00. The second-order valence-corrected chi connectivity index (χ2v) is 3.23. The third-order valence-corrected chi connectivity index (χ3v) is 2.21. The number of nitrogen functional groups attached to an aromatic ring is 1. The Kier molecular flexibility index (Phi) is 1.45. The van der Waals surface area contributed by atoms with Gasteiger partial charge in [-0.3, -0.25) is 0 Å². The molecule has 0 aromatic carbocycles. The molecule has 2 aromatic heterocycles. The summed E-state index contributed by atoms with van der Waals surface area (Å²) < 4.78 is 0. The third-order valence-electron chi connectivity index (χ3n) is 1.42. The molecule has 0 aliphatic carbocycles. The number of anilines is 1. The van der Waals surface area contributed by atoms with Gasteiger partial charge in [-0.25, -0.2) is 9.97 Å². The second kappa shape index (κ2) is 2.47. The van der Waals surface area contributed by atoms with Crippen molar-refractivity contribution in [1.29, 1.82) is 0 Å². The second-order valence-electron chi connectivity index (χ2n) is 2.22. The normalized spacial score (nSPS) is 9.92. The zero-order valence-corrected chi connectivity index (χ0v) is 6.93. The van der Waals surface area contributed by atoms with Crippen molar-refractivity contribution in [2.45, 2.75) is 0 Å². The summed E-state index contributed by atoms with van der Waals surface area (Å²) in [5.41, 5.74) is 6.92. The predicted molar refractivity (Wildman–Crippen MR) is 49.8 cm³/mol. The van der Waals surface area contributed by atoms with Gasteiger partial charge in [0.2, 0.25) is 0 Å². The van der Waals surface area contributed by atoms with E-state index < -0.39 is 0 Å². The Morgan fingerprint density at radius 3 is 3.00 bits per heavy atom. The van der Waals surface area contributed by atoms with Gasteiger partial charge in [0.05, 0.1) is 0 Å². The number of hydrogen-bond acceptors (Lipinski definition) is 4. The molecule has 0 saturated heterocycles. The van der Waals surface area contributed by atoms with Gasteiger partial charge in [0.15, 0.2) is 5.13 Å². The number of thiazole rings is 1. The van der Waals surface area contributed by atoms with E-state index in [1.807, 2.05) is 6.07 Å². The lowest BCUT2D eigenvalue weighted by molar-refractivity contribution is 1.37. The van der Waals surface area contributed by atoms with Crippen LogP contribution in [0, 0.1) is 12.3 Å². The molecule has 12 heavy (non-hydrogen) atoms. The summed E-state index contributed by atoms with van der Waals surface area (Å²) in [7, 11) is 0. The van der Waals surface area contributed by atoms with Gasteiger partial charge in [-0.2, -0.15) is 0 Å². The van der Waals surface area contributed by atoms with Gasteiger partial charge in [-0.15, -0.1) is 6.42 Å². The molecular formula is C8H5N3S. The Labute approximate surface area is 73.3 Å². The van der Waals surface area contributed by atoms with Crippen LogP contribution in [0.15, 0.2) is 12.1 Å². The fourth-order valence-corrected chi connectivity index (χ4v) is 1.62. The van der Waals surface area contributed by atoms with Gasteiger partial charge in [-0.1, -0.05) is 17.3 Å². The van der Waals surface area contributed by atoms with Crippen LogP contribution >= 0.6 is 11.3 Å². The van der Waals surface area contributed by atoms with Crippen LogP contribution in [-0.2, 0) is 0 Å². The Hall–Kier alpha value is -1.60. The molecule has 2 rings (SSSR count). The Balaban J connectivity index is 2.77. The summed E-state index contributed by atoms with van der Waals surface area (Å²) in [6, 6.07) is 3.58. The van der Waals surface area contributed by atoms with Crippen molar-refractivity contribution < 1.29 is 0 Å². The lowest BCUT2D eigenvalue weighted by Crippen LogP contribution is -1.80. The molecule has 0 aliphatic heterocycles. The highest BCUT2D eigenvalue weighted by atomic mass is 32.1. The van der Waals surface area contributed by atoms with Gasteiger partial charge < -0.3 is 5.73 Å². The van der Waals surface area contributed by atoms with E-state index in [-0.39, 0.29) is 0 Å². The molecule has 0 unspecified atom stereocenters. The number of rotatable bonds is 0. The molecule has 2 heterocycles. The maximum absolute atomic E-state index is 5.50. The zero-order chi connectivity index (χ0) is 8.55. The van der Waals surface area contributed by atoms with Gasteiger partial charge >= 0.3 is 0 Å². The van der Waals surface area contributed by atoms with Crippen LogP contribution in [0.2, 0.25) is 0 Å². The summed E-state index contributed by atoms with van der Waals surface area (Å²) in [4.78, 5) is 9.00. The van der Waals surface area contributed by atoms with Crippen LogP contribution in [0.3, 0.4) is 0 Å². The smallest absolute Gasteiger partial charge is 0.182 e. The van der Waals surface area contributed by atoms with Crippen molar-refractivity contribution in [2.75, 3.05) is 5.73 Å². The number of nitrogens with zero attached hydrogens (tertiary/aromatic N) is 2. The van der Waals surface area contributed by atoms with Gasteiger partial charge in [-0.05, 0) is 12.1 Å². The molecule has 0 saturated carbocycles. The highest BCUT2D eigenvalue weighted by Gasteiger charge is 2.01. The maximum atomic E-state index is 5.50. The maximum Gasteiger partial charge on any atom is 0.182 e. The number of pyridine rings is 1. The first-order chi connectivity index (χ1) is 5.79. The fourth-order valence-electron chi connectivity index (χ4n) is 0.914. The van der Waals surface area contributed by atoms with E-state index in [2.05, 4.69) is 15.9 Å². The van der Waals surface area contributed by atoms with Crippen molar-refractivity contribution >= 4 is 26.8 Å². The van der Waals surface area contributed by atoms with Gasteiger partial charge in [0.1, 0.15) is 16.0 Å². The molecule has 0 spiro atoms. The van der Waals surface area contributed by atoms with E-state index >= 15 is 0 Å². The molecule has 4 heteroatoms. The van der Waals surface area contributed by atoms with E-state index in [9.17, 15) is 0 Å². The van der Waals surface area contributed by atoms with Crippen molar-refractivity contribution in [1.82, 2.24) is 9.97 Å². The summed E-state index contributed by atoms with van der Waals surface area (Å²) in [5.74, 6) is 2.46. The molecule has 0 amide bonds. The number of nitrogens with two attached hydrogens (primary N) is 1. The number of aromatic nitrogens is 2. The van der Waals surface area contributed by atoms with Crippen LogP contribution in [-0.4, -0.2) is 9.97 Å². The minimum absolute atomic E-state index is 0.520. The van der Waals surface area contributed by atoms with Crippen LogP contribution in [0.25, 0.3) is 10.3 Å². The molecule has 0 fully saturated rings. The van der Waals surface area contributed by atoms with E-state index in [4.69, 9.17) is 12.2 Å². The predicted octanol–water partition coefficient (Wildman–Crippen LogP) is 1.25. The van der Waals surface area contributed by atoms with Gasteiger partial charge in [0.25, 0.3) is 0 Å². The molecule has 3 nitrogen and oxygen atoms in total. The summed E-state index contributed by atoms with van der Waals surface area (Å²) >= 11 is 1.34. The summed E-state index contributed by atoms with van der Waals surface area (Å²) in [6.07, 6.45) is 5.19. The summed E-state index contributed by atoms with van der Waals surface area (Å²) in [5, 5.41) is 0.520. The van der Waals surface area contributed by atoms with E-state index in [1.165, 1.54) is 11.3 Å². The highest BCUT2D eigenvalue weighted by molar-refractivity contribution is 7.21. The van der Waals surface area contributed by atoms with Crippen LogP contribution in [0.4, 0.5) is 5.13 Å². The van der Waals surface area contributed by atoms with Gasteiger partial charge in [0, 0.05) is 0 Å². The first-order valence-corrected chi connectivity index (χ1v) is 4.11. The molecular weight excluding hydrogens is 170 g/mol. The Morgan fingerprint density at radius 1 is 1.42 bits per heavy atom. The van der Waals surface area contributed by atoms with E-state index in [0.29, 0.717) is 10.8 Å². The molecule has 0 radical (unpaired) electrons. The SMILES string of the molecule is C#Cc1ccc2nc(N)sc2n1. The van der Waals surface area contributed by atoms with Crippen LogP contribution in [0.1, 0.15) is 5.69 Å². The lowest BCUT2D eigenvalue weighted by atomic mass is 10.3. The lowest BCUT2D eigenvalue weighted by Gasteiger charge is -1.87. The molecule has 0 bridgehead atoms. The van der Waals surface area contributed by atoms with Crippen molar-refractivity contribution in [3.05, 3.63) is 17.8 Å². The largest absolute Gasteiger partial charge is 0.375 e. The minimum Gasteiger partial charge on any atom is -0.375 e. The molecule has 2 aromatic rings. The van der Waals surface area contributed by atoms with Crippen molar-refractivity contribution in [3.63, 3.8) is 0 Å². The summed E-state index contributed by atoms with van der Waals surface area (Å²) in [6.45, 7) is 0. The highest BCUT2D eigenvalue weighted by Crippen LogP contribution is 2.21. The molecule has 2 N–H and O–H groups in total. The van der Waals surface area contributed by atoms with E-state index in [1.54, 1.807) is 6.07 Å². The topological polar surface area (TPSA) is 51.8 Å². The van der Waals surface area contributed by atoms with E-state index in [0.717, 1.165) is 10.3 Å².